The van der Waals surface area contributed by atoms with E-state index in [0.717, 1.165) is 19.4 Å². The normalized spacial score (nSPS) is 18.7. The van der Waals surface area contributed by atoms with E-state index in [1.807, 2.05) is 18.5 Å². The highest BCUT2D eigenvalue weighted by atomic mass is 15.4. The fourth-order valence-electron chi connectivity index (χ4n) is 3.78. The standard InChI is InChI=1S/C23H22N2/c1-2-9-20-18-25(21-12-8-15-24-16-21,17-19-10-4-3-5-11-19)23-14-7-6-13-22(20)23/h3-8,10-16,18H,1-2,9,17H2/q+1. The Kier molecular flexibility index (Phi) is 4.21. The van der Waals surface area contributed by atoms with Gasteiger partial charge in [-0.25, -0.2) is 4.48 Å². The van der Waals surface area contributed by atoms with Gasteiger partial charge >= 0.3 is 0 Å². The van der Waals surface area contributed by atoms with Crippen LogP contribution in [0.5, 0.6) is 0 Å². The van der Waals surface area contributed by atoms with Crippen molar-refractivity contribution >= 4 is 16.9 Å². The molecule has 2 heteroatoms. The molecule has 1 aliphatic rings. The van der Waals surface area contributed by atoms with Crippen LogP contribution in [-0.2, 0) is 6.54 Å². The maximum absolute atomic E-state index is 4.40. The van der Waals surface area contributed by atoms with Gasteiger partial charge < -0.3 is 0 Å². The van der Waals surface area contributed by atoms with Crippen LogP contribution in [0.25, 0.3) is 5.57 Å². The van der Waals surface area contributed by atoms with Gasteiger partial charge in [0.25, 0.3) is 0 Å². The number of allylic oxidation sites excluding steroid dienone is 1. The Bertz CT molecular complexity index is 884. The van der Waals surface area contributed by atoms with E-state index in [9.17, 15) is 0 Å². The van der Waals surface area contributed by atoms with E-state index in [0.29, 0.717) is 4.48 Å². The highest BCUT2D eigenvalue weighted by Crippen LogP contribution is 2.48. The number of benzene rings is 2. The van der Waals surface area contributed by atoms with Crippen molar-refractivity contribution in [2.75, 3.05) is 0 Å². The van der Waals surface area contributed by atoms with Crippen LogP contribution in [-0.4, -0.2) is 4.98 Å². The molecule has 123 valence electrons. The van der Waals surface area contributed by atoms with Crippen molar-refractivity contribution in [1.82, 2.24) is 9.47 Å². The summed E-state index contributed by atoms with van der Waals surface area (Å²) in [6.45, 7) is 4.95. The van der Waals surface area contributed by atoms with Crippen molar-refractivity contribution in [2.24, 2.45) is 0 Å². The topological polar surface area (TPSA) is 12.9 Å². The Morgan fingerprint density at radius 2 is 1.68 bits per heavy atom. The zero-order valence-electron chi connectivity index (χ0n) is 14.3. The first-order valence-corrected chi connectivity index (χ1v) is 8.77. The smallest absolute Gasteiger partial charge is 0.161 e. The van der Waals surface area contributed by atoms with Gasteiger partial charge in [0.1, 0.15) is 12.7 Å². The number of para-hydroxylation sites is 1. The predicted molar refractivity (Wildman–Crippen MR) is 105 cm³/mol. The second-order valence-corrected chi connectivity index (χ2v) is 6.50. The predicted octanol–water partition coefficient (Wildman–Crippen LogP) is 5.89. The van der Waals surface area contributed by atoms with E-state index in [-0.39, 0.29) is 0 Å². The van der Waals surface area contributed by atoms with E-state index in [1.54, 1.807) is 0 Å². The van der Waals surface area contributed by atoms with E-state index < -0.39 is 0 Å². The summed E-state index contributed by atoms with van der Waals surface area (Å²) in [7, 11) is 0. The first-order chi connectivity index (χ1) is 12.3. The van der Waals surface area contributed by atoms with Gasteiger partial charge in [0.2, 0.25) is 0 Å². The highest BCUT2D eigenvalue weighted by Gasteiger charge is 2.40. The average Bonchev–Trinajstić information content (AvgIpc) is 2.99. The third-order valence-electron chi connectivity index (χ3n) is 4.88. The molecule has 2 aromatic carbocycles. The van der Waals surface area contributed by atoms with Gasteiger partial charge in [-0.2, -0.15) is 0 Å². The number of hydrogen-bond donors (Lipinski definition) is 0. The molecule has 0 spiro atoms. The Hall–Kier alpha value is -2.71. The van der Waals surface area contributed by atoms with Crippen molar-refractivity contribution in [3.05, 3.63) is 103 Å². The van der Waals surface area contributed by atoms with Crippen molar-refractivity contribution in [2.45, 2.75) is 19.4 Å². The molecule has 3 aromatic rings. The molecule has 0 saturated heterocycles. The molecule has 2 nitrogen and oxygen atoms in total. The average molecular weight is 326 g/mol. The lowest BCUT2D eigenvalue weighted by atomic mass is 10.0. The van der Waals surface area contributed by atoms with E-state index in [1.165, 1.54) is 28.1 Å². The lowest BCUT2D eigenvalue weighted by molar-refractivity contribution is 0.505. The summed E-state index contributed by atoms with van der Waals surface area (Å²) < 4.78 is 0.684. The number of quaternary nitrogens is 1. The quantitative estimate of drug-likeness (QED) is 0.533. The molecule has 0 N–H and O–H groups in total. The Morgan fingerprint density at radius 1 is 0.880 bits per heavy atom. The second-order valence-electron chi connectivity index (χ2n) is 6.50. The van der Waals surface area contributed by atoms with Crippen LogP contribution in [0, 0.1) is 6.92 Å². The van der Waals surface area contributed by atoms with E-state index >= 15 is 0 Å². The van der Waals surface area contributed by atoms with Crippen molar-refractivity contribution < 1.29 is 0 Å². The number of rotatable bonds is 5. The van der Waals surface area contributed by atoms with Crippen molar-refractivity contribution in [1.29, 1.82) is 0 Å². The molecule has 1 atom stereocenters. The molecule has 0 amide bonds. The molecule has 1 aliphatic heterocycles. The molecule has 0 fully saturated rings. The lowest BCUT2D eigenvalue weighted by Gasteiger charge is -2.31. The maximum Gasteiger partial charge on any atom is 0.161 e. The van der Waals surface area contributed by atoms with Crippen LogP contribution >= 0.6 is 0 Å². The fourth-order valence-corrected chi connectivity index (χ4v) is 3.78. The largest absolute Gasteiger partial charge is 0.258 e. The third kappa shape index (κ3) is 2.79. The summed E-state index contributed by atoms with van der Waals surface area (Å²) in [4.78, 5) is 4.40. The van der Waals surface area contributed by atoms with Crippen LogP contribution in [0.15, 0.2) is 85.3 Å². The first-order valence-electron chi connectivity index (χ1n) is 8.77. The summed E-state index contributed by atoms with van der Waals surface area (Å²) in [5, 5.41) is 0. The van der Waals surface area contributed by atoms with Gasteiger partial charge in [0.05, 0.1) is 6.20 Å². The molecule has 0 aliphatic carbocycles. The van der Waals surface area contributed by atoms with Gasteiger partial charge in [-0.05, 0) is 25.0 Å². The van der Waals surface area contributed by atoms with Gasteiger partial charge in [-0.1, -0.05) is 49.4 Å². The molecule has 0 saturated carbocycles. The summed E-state index contributed by atoms with van der Waals surface area (Å²) >= 11 is 0. The van der Waals surface area contributed by atoms with Crippen LogP contribution in [0.1, 0.15) is 24.0 Å². The number of aromatic nitrogens is 1. The molecule has 1 unspecified atom stereocenters. The zero-order chi connectivity index (χ0) is 17.1. The van der Waals surface area contributed by atoms with Gasteiger partial charge in [-0.15, -0.1) is 0 Å². The van der Waals surface area contributed by atoms with Gasteiger partial charge in [0, 0.05) is 35.0 Å². The summed E-state index contributed by atoms with van der Waals surface area (Å²) in [5.41, 5.74) is 6.55. The van der Waals surface area contributed by atoms with Crippen LogP contribution in [0.3, 0.4) is 0 Å². The zero-order valence-corrected chi connectivity index (χ0v) is 14.3. The molecule has 2 heterocycles. The van der Waals surface area contributed by atoms with E-state index in [2.05, 4.69) is 78.8 Å². The number of nitrogens with zero attached hydrogens (tertiary/aromatic N) is 2. The summed E-state index contributed by atoms with van der Waals surface area (Å²) in [6, 6.07) is 23.6. The summed E-state index contributed by atoms with van der Waals surface area (Å²) in [5.74, 6) is 0. The Balaban J connectivity index is 1.93. The van der Waals surface area contributed by atoms with Crippen molar-refractivity contribution in [3.8, 4) is 0 Å². The van der Waals surface area contributed by atoms with Gasteiger partial charge in [-0.3, -0.25) is 4.98 Å². The Labute approximate surface area is 149 Å². The van der Waals surface area contributed by atoms with E-state index in [4.69, 9.17) is 0 Å². The third-order valence-corrected chi connectivity index (χ3v) is 4.88. The number of pyridine rings is 1. The molecule has 25 heavy (non-hydrogen) atoms. The van der Waals surface area contributed by atoms with Crippen LogP contribution in [0.4, 0.5) is 11.4 Å². The van der Waals surface area contributed by atoms with Crippen molar-refractivity contribution in [3.63, 3.8) is 0 Å². The minimum atomic E-state index is 0.684. The maximum atomic E-state index is 4.40. The monoisotopic (exact) mass is 326 g/mol. The van der Waals surface area contributed by atoms with Crippen LogP contribution < -0.4 is 4.48 Å². The molecule has 1 radical (unpaired) electrons. The minimum Gasteiger partial charge on any atom is -0.258 e. The highest BCUT2D eigenvalue weighted by molar-refractivity contribution is 5.86. The second kappa shape index (κ2) is 6.66. The first kappa shape index (κ1) is 15.8. The molecular formula is C23H22N2+. The SMILES string of the molecule is [CH2]CCC1=C[N+](Cc2ccccc2)(c2cccnc2)c2ccccc21. The van der Waals surface area contributed by atoms with Crippen LogP contribution in [0.2, 0.25) is 0 Å². The summed E-state index contributed by atoms with van der Waals surface area (Å²) in [6.07, 6.45) is 8.12. The van der Waals surface area contributed by atoms with Gasteiger partial charge in [0.15, 0.2) is 11.4 Å². The fraction of sp³-hybridized carbons (Fsp3) is 0.130. The minimum absolute atomic E-state index is 0.684. The molecule has 1 aromatic heterocycles. The number of hydrogen-bond acceptors (Lipinski definition) is 1. The molecule has 4 rings (SSSR count). The number of fused-ring (bicyclic) bond motifs is 1. The molecular weight excluding hydrogens is 304 g/mol. The molecule has 0 bridgehead atoms. The lowest BCUT2D eigenvalue weighted by Crippen LogP contribution is -2.36. The Morgan fingerprint density at radius 3 is 2.44 bits per heavy atom.